The molecule has 1 N–H and O–H groups in total. The predicted octanol–water partition coefficient (Wildman–Crippen LogP) is 3.34. The highest BCUT2D eigenvalue weighted by molar-refractivity contribution is 7.99. The molecule has 1 heterocycles. The lowest BCUT2D eigenvalue weighted by Gasteiger charge is -2.24. The number of hydrogen-bond donors (Lipinski definition) is 1. The first kappa shape index (κ1) is 21.3. The van der Waals surface area contributed by atoms with Crippen LogP contribution in [0, 0.1) is 5.92 Å². The van der Waals surface area contributed by atoms with Crippen molar-refractivity contribution < 1.29 is 23.5 Å². The van der Waals surface area contributed by atoms with Crippen LogP contribution in [-0.4, -0.2) is 40.2 Å². The molecule has 0 bridgehead atoms. The molecule has 0 aromatic carbocycles. The number of aromatic nitrogens is 2. The van der Waals surface area contributed by atoms with E-state index in [0.29, 0.717) is 6.61 Å². The van der Waals surface area contributed by atoms with Crippen LogP contribution in [0.5, 0.6) is 0 Å². The number of thioether (sulfide) groups is 1. The Balaban J connectivity index is 2.76. The Hall–Kier alpha value is -1.77. The highest BCUT2D eigenvalue weighted by atomic mass is 32.2. The van der Waals surface area contributed by atoms with Crippen LogP contribution >= 0.6 is 11.8 Å². The van der Waals surface area contributed by atoms with Crippen molar-refractivity contribution in [3.05, 3.63) is 5.89 Å². The molecular formula is C16H27N3O5S. The quantitative estimate of drug-likeness (QED) is 0.546. The first-order chi connectivity index (χ1) is 11.7. The fourth-order valence-electron chi connectivity index (χ4n) is 1.85. The normalized spacial score (nSPS) is 13.8. The molecule has 1 rings (SSSR count). The van der Waals surface area contributed by atoms with E-state index >= 15 is 0 Å². The van der Waals surface area contributed by atoms with Crippen LogP contribution in [0.2, 0.25) is 0 Å². The van der Waals surface area contributed by atoms with Crippen molar-refractivity contribution in [1.29, 1.82) is 0 Å². The molecule has 2 atom stereocenters. The van der Waals surface area contributed by atoms with Crippen molar-refractivity contribution in [2.45, 2.75) is 64.8 Å². The third-order valence-corrected chi connectivity index (χ3v) is 3.98. The Kier molecular flexibility index (Phi) is 8.21. The standard InChI is InChI=1S/C16H27N3O5S/c1-7-10(3)12(17-14(21)24-16(4,5)6)13-18-19-15(23-13)25-9-11(20)22-8-2/h10,12H,7-9H2,1-6H3,(H,17,21)/t10-,12-/m1/s1. The van der Waals surface area contributed by atoms with Crippen molar-refractivity contribution in [2.24, 2.45) is 5.92 Å². The number of alkyl carbamates (subject to hydrolysis) is 1. The maximum absolute atomic E-state index is 12.1. The van der Waals surface area contributed by atoms with Gasteiger partial charge in [0.25, 0.3) is 5.22 Å². The lowest BCUT2D eigenvalue weighted by Crippen LogP contribution is -2.37. The van der Waals surface area contributed by atoms with E-state index in [2.05, 4.69) is 15.5 Å². The van der Waals surface area contributed by atoms with Crippen molar-refractivity contribution in [3.63, 3.8) is 0 Å². The van der Waals surface area contributed by atoms with E-state index < -0.39 is 17.7 Å². The fraction of sp³-hybridized carbons (Fsp3) is 0.750. The maximum Gasteiger partial charge on any atom is 0.408 e. The van der Waals surface area contributed by atoms with E-state index in [4.69, 9.17) is 13.9 Å². The van der Waals surface area contributed by atoms with Crippen LogP contribution in [0.1, 0.15) is 59.9 Å². The van der Waals surface area contributed by atoms with E-state index in [0.717, 1.165) is 18.2 Å². The minimum Gasteiger partial charge on any atom is -0.465 e. The first-order valence-electron chi connectivity index (χ1n) is 8.27. The number of nitrogens with one attached hydrogen (secondary N) is 1. The van der Waals surface area contributed by atoms with Crippen molar-refractivity contribution in [1.82, 2.24) is 15.5 Å². The number of hydrogen-bond acceptors (Lipinski definition) is 8. The molecule has 1 aromatic rings. The lowest BCUT2D eigenvalue weighted by molar-refractivity contribution is -0.139. The summed E-state index contributed by atoms with van der Waals surface area (Å²) in [6.07, 6.45) is 0.255. The van der Waals surface area contributed by atoms with Crippen LogP contribution in [0.15, 0.2) is 9.64 Å². The number of carbonyl (C=O) groups is 2. The molecule has 9 heteroatoms. The van der Waals surface area contributed by atoms with Gasteiger partial charge in [0.1, 0.15) is 17.4 Å². The molecule has 0 unspecified atom stereocenters. The molecule has 1 aromatic heterocycles. The van der Waals surface area contributed by atoms with Gasteiger partial charge in [-0.1, -0.05) is 32.0 Å². The van der Waals surface area contributed by atoms with Gasteiger partial charge in [0.15, 0.2) is 0 Å². The first-order valence-corrected chi connectivity index (χ1v) is 9.26. The van der Waals surface area contributed by atoms with Gasteiger partial charge < -0.3 is 19.2 Å². The molecule has 25 heavy (non-hydrogen) atoms. The molecule has 8 nitrogen and oxygen atoms in total. The minimum atomic E-state index is -0.598. The second kappa shape index (κ2) is 9.65. The smallest absolute Gasteiger partial charge is 0.408 e. The van der Waals surface area contributed by atoms with Crippen LogP contribution in [0.4, 0.5) is 4.79 Å². The molecule has 0 spiro atoms. The average molecular weight is 373 g/mol. The Morgan fingerprint density at radius 3 is 2.52 bits per heavy atom. The average Bonchev–Trinajstić information content (AvgIpc) is 2.97. The molecule has 142 valence electrons. The Morgan fingerprint density at radius 1 is 1.28 bits per heavy atom. The summed E-state index contributed by atoms with van der Waals surface area (Å²) in [5.74, 6) is 0.0863. The van der Waals surface area contributed by atoms with E-state index in [1.165, 1.54) is 0 Å². The second-order valence-electron chi connectivity index (χ2n) is 6.51. The minimum absolute atomic E-state index is 0.0656. The van der Waals surface area contributed by atoms with Crippen LogP contribution in [0.25, 0.3) is 0 Å². The number of rotatable bonds is 8. The van der Waals surface area contributed by atoms with Crippen molar-refractivity contribution in [2.75, 3.05) is 12.4 Å². The predicted molar refractivity (Wildman–Crippen MR) is 93.2 cm³/mol. The van der Waals surface area contributed by atoms with Gasteiger partial charge >= 0.3 is 12.1 Å². The number of amides is 1. The molecule has 0 aliphatic carbocycles. The number of ether oxygens (including phenoxy) is 2. The summed E-state index contributed by atoms with van der Waals surface area (Å²) in [6.45, 7) is 11.4. The Bertz CT molecular complexity index is 570. The molecule has 0 fully saturated rings. The van der Waals surface area contributed by atoms with Gasteiger partial charge in [-0.3, -0.25) is 4.79 Å². The van der Waals surface area contributed by atoms with E-state index in [9.17, 15) is 9.59 Å². The molecule has 1 amide bonds. The largest absolute Gasteiger partial charge is 0.465 e. The van der Waals surface area contributed by atoms with Crippen LogP contribution in [-0.2, 0) is 14.3 Å². The van der Waals surface area contributed by atoms with E-state index in [-0.39, 0.29) is 28.8 Å². The highest BCUT2D eigenvalue weighted by Crippen LogP contribution is 2.26. The monoisotopic (exact) mass is 373 g/mol. The molecule has 0 radical (unpaired) electrons. The summed E-state index contributed by atoms with van der Waals surface area (Å²) in [6, 6.07) is -0.468. The molecule has 0 aliphatic heterocycles. The van der Waals surface area contributed by atoms with Gasteiger partial charge in [-0.2, -0.15) is 0 Å². The molecule has 0 saturated carbocycles. The van der Waals surface area contributed by atoms with Gasteiger partial charge in [0.2, 0.25) is 5.89 Å². The molecular weight excluding hydrogens is 346 g/mol. The Morgan fingerprint density at radius 2 is 1.96 bits per heavy atom. The SMILES string of the molecule is CCOC(=O)CSc1nnc([C@H](NC(=O)OC(C)(C)C)[C@H](C)CC)o1. The van der Waals surface area contributed by atoms with Gasteiger partial charge in [0.05, 0.1) is 6.61 Å². The van der Waals surface area contributed by atoms with Gasteiger partial charge in [-0.05, 0) is 33.6 Å². The van der Waals surface area contributed by atoms with Gasteiger partial charge in [-0.25, -0.2) is 4.79 Å². The summed E-state index contributed by atoms with van der Waals surface area (Å²) in [5.41, 5.74) is -0.598. The highest BCUT2D eigenvalue weighted by Gasteiger charge is 2.28. The second-order valence-corrected chi connectivity index (χ2v) is 7.44. The number of nitrogens with zero attached hydrogens (tertiary/aromatic N) is 2. The van der Waals surface area contributed by atoms with Gasteiger partial charge in [0, 0.05) is 0 Å². The third kappa shape index (κ3) is 7.76. The number of esters is 1. The molecule has 0 saturated heterocycles. The van der Waals surface area contributed by atoms with E-state index in [1.54, 1.807) is 27.7 Å². The van der Waals surface area contributed by atoms with Crippen molar-refractivity contribution >= 4 is 23.8 Å². The zero-order valence-corrected chi connectivity index (χ0v) is 16.4. The fourth-order valence-corrected chi connectivity index (χ4v) is 2.41. The lowest BCUT2D eigenvalue weighted by atomic mass is 9.99. The third-order valence-electron chi connectivity index (χ3n) is 3.19. The summed E-state index contributed by atoms with van der Waals surface area (Å²) in [7, 11) is 0. The summed E-state index contributed by atoms with van der Waals surface area (Å²) >= 11 is 1.10. The zero-order chi connectivity index (χ0) is 19.0. The topological polar surface area (TPSA) is 104 Å². The summed E-state index contributed by atoms with van der Waals surface area (Å²) < 4.78 is 15.7. The van der Waals surface area contributed by atoms with Crippen LogP contribution < -0.4 is 5.32 Å². The summed E-state index contributed by atoms with van der Waals surface area (Å²) in [5, 5.41) is 10.9. The van der Waals surface area contributed by atoms with Gasteiger partial charge in [-0.15, -0.1) is 10.2 Å². The van der Waals surface area contributed by atoms with Crippen molar-refractivity contribution in [3.8, 4) is 0 Å². The summed E-state index contributed by atoms with van der Waals surface area (Å²) in [4.78, 5) is 23.5. The zero-order valence-electron chi connectivity index (χ0n) is 15.6. The number of carbonyl (C=O) groups excluding carboxylic acids is 2. The Labute approximate surface area is 152 Å². The van der Waals surface area contributed by atoms with E-state index in [1.807, 2.05) is 13.8 Å². The van der Waals surface area contributed by atoms with Crippen LogP contribution in [0.3, 0.4) is 0 Å². The molecule has 0 aliphatic rings. The maximum atomic E-state index is 12.1.